The quantitative estimate of drug-likeness (QED) is 0.806. The van der Waals surface area contributed by atoms with Gasteiger partial charge in [0.15, 0.2) is 0 Å². The zero-order valence-corrected chi connectivity index (χ0v) is 15.4. The van der Waals surface area contributed by atoms with E-state index in [1.54, 1.807) is 11.8 Å². The van der Waals surface area contributed by atoms with Crippen LogP contribution in [0, 0.1) is 6.92 Å². The Labute approximate surface area is 157 Å². The van der Waals surface area contributed by atoms with Crippen molar-refractivity contribution < 1.29 is 14.0 Å². The molecular weight excluding hydrogens is 346 g/mol. The van der Waals surface area contributed by atoms with Gasteiger partial charge in [-0.3, -0.25) is 9.59 Å². The Morgan fingerprint density at radius 2 is 1.89 bits per heavy atom. The number of benzene rings is 1. The molecule has 1 aromatic carbocycles. The molecule has 2 aliphatic rings. The van der Waals surface area contributed by atoms with E-state index in [4.69, 9.17) is 4.42 Å². The van der Waals surface area contributed by atoms with Crippen LogP contribution in [-0.2, 0) is 16.1 Å². The van der Waals surface area contributed by atoms with E-state index in [9.17, 15) is 9.59 Å². The van der Waals surface area contributed by atoms with Crippen molar-refractivity contribution in [3.05, 3.63) is 41.8 Å². The predicted molar refractivity (Wildman–Crippen MR) is 97.8 cm³/mol. The van der Waals surface area contributed by atoms with Crippen molar-refractivity contribution in [3.63, 3.8) is 0 Å². The van der Waals surface area contributed by atoms with E-state index in [2.05, 4.69) is 10.2 Å². The SMILES string of the molecule is Cc1nnc(N2CCN(C(=O)C3CCC(=O)N3Cc3ccccc3)CC2)o1. The number of hydrogen-bond donors (Lipinski definition) is 0. The van der Waals surface area contributed by atoms with Crippen LogP contribution < -0.4 is 4.90 Å². The molecule has 142 valence electrons. The summed E-state index contributed by atoms with van der Waals surface area (Å²) in [5.41, 5.74) is 1.04. The summed E-state index contributed by atoms with van der Waals surface area (Å²) >= 11 is 0. The summed E-state index contributed by atoms with van der Waals surface area (Å²) in [6, 6.07) is 9.95. The number of likely N-dealkylation sites (tertiary alicyclic amines) is 1. The van der Waals surface area contributed by atoms with Crippen LogP contribution in [0.2, 0.25) is 0 Å². The third-order valence-corrected chi connectivity index (χ3v) is 5.19. The summed E-state index contributed by atoms with van der Waals surface area (Å²) in [6.07, 6.45) is 1.03. The molecule has 8 heteroatoms. The summed E-state index contributed by atoms with van der Waals surface area (Å²) in [5.74, 6) is 0.625. The fourth-order valence-electron chi connectivity index (χ4n) is 3.71. The highest BCUT2D eigenvalue weighted by Crippen LogP contribution is 2.24. The van der Waals surface area contributed by atoms with Crippen molar-refractivity contribution in [1.82, 2.24) is 20.0 Å². The maximum Gasteiger partial charge on any atom is 0.318 e. The number of carbonyl (C=O) groups is 2. The van der Waals surface area contributed by atoms with Gasteiger partial charge in [-0.2, -0.15) is 0 Å². The Hall–Kier alpha value is -2.90. The Morgan fingerprint density at radius 3 is 2.56 bits per heavy atom. The molecule has 8 nitrogen and oxygen atoms in total. The summed E-state index contributed by atoms with van der Waals surface area (Å²) in [5, 5.41) is 7.89. The maximum atomic E-state index is 13.1. The van der Waals surface area contributed by atoms with Gasteiger partial charge in [-0.05, 0) is 12.0 Å². The van der Waals surface area contributed by atoms with Gasteiger partial charge in [-0.15, -0.1) is 5.10 Å². The first-order chi connectivity index (χ1) is 13.1. The number of nitrogens with zero attached hydrogens (tertiary/aromatic N) is 5. The van der Waals surface area contributed by atoms with E-state index in [0.29, 0.717) is 57.5 Å². The number of anilines is 1. The second kappa shape index (κ2) is 7.38. The van der Waals surface area contributed by atoms with Crippen molar-refractivity contribution >= 4 is 17.8 Å². The lowest BCUT2D eigenvalue weighted by Crippen LogP contribution is -2.54. The molecule has 1 unspecified atom stereocenters. The number of aryl methyl sites for hydroxylation is 1. The van der Waals surface area contributed by atoms with Crippen LogP contribution in [0.1, 0.15) is 24.3 Å². The fourth-order valence-corrected chi connectivity index (χ4v) is 3.71. The lowest BCUT2D eigenvalue weighted by Gasteiger charge is -2.36. The summed E-state index contributed by atoms with van der Waals surface area (Å²) < 4.78 is 5.46. The minimum atomic E-state index is -0.366. The summed E-state index contributed by atoms with van der Waals surface area (Å²) in [7, 11) is 0. The van der Waals surface area contributed by atoms with Crippen LogP contribution in [-0.4, -0.2) is 64.0 Å². The van der Waals surface area contributed by atoms with Gasteiger partial charge in [0.2, 0.25) is 17.7 Å². The zero-order chi connectivity index (χ0) is 18.8. The molecule has 2 fully saturated rings. The van der Waals surface area contributed by atoms with Crippen LogP contribution in [0.25, 0.3) is 0 Å². The number of amides is 2. The maximum absolute atomic E-state index is 13.1. The predicted octanol–water partition coefficient (Wildman–Crippen LogP) is 1.22. The number of aromatic nitrogens is 2. The molecule has 0 bridgehead atoms. The number of rotatable bonds is 4. The largest absolute Gasteiger partial charge is 0.408 e. The molecule has 1 atom stereocenters. The topological polar surface area (TPSA) is 82.8 Å². The van der Waals surface area contributed by atoms with Crippen LogP contribution in [0.4, 0.5) is 6.01 Å². The number of carbonyl (C=O) groups excluding carboxylic acids is 2. The molecule has 4 rings (SSSR count). The van der Waals surface area contributed by atoms with Crippen LogP contribution in [0.15, 0.2) is 34.7 Å². The lowest BCUT2D eigenvalue weighted by atomic mass is 10.1. The summed E-state index contributed by atoms with van der Waals surface area (Å²) in [6.45, 7) is 4.71. The standard InChI is InChI=1S/C19H23N5O3/c1-14-20-21-19(27-14)23-11-9-22(10-12-23)18(26)16-7-8-17(25)24(16)13-15-5-3-2-4-6-15/h2-6,16H,7-13H2,1H3. The lowest BCUT2D eigenvalue weighted by molar-refractivity contribution is -0.142. The van der Waals surface area contributed by atoms with E-state index >= 15 is 0 Å². The minimum absolute atomic E-state index is 0.0399. The summed E-state index contributed by atoms with van der Waals surface area (Å²) in [4.78, 5) is 31.0. The van der Waals surface area contributed by atoms with Gasteiger partial charge in [-0.25, -0.2) is 0 Å². The first-order valence-corrected chi connectivity index (χ1v) is 9.29. The molecule has 2 aromatic rings. The Bertz CT molecular complexity index is 814. The van der Waals surface area contributed by atoms with Crippen LogP contribution in [0.3, 0.4) is 0 Å². The fraction of sp³-hybridized carbons (Fsp3) is 0.474. The highest BCUT2D eigenvalue weighted by atomic mass is 16.4. The molecule has 0 aliphatic carbocycles. The normalized spacial score (nSPS) is 20.4. The van der Waals surface area contributed by atoms with Gasteiger partial charge in [0.1, 0.15) is 6.04 Å². The molecule has 2 saturated heterocycles. The van der Waals surface area contributed by atoms with E-state index in [0.717, 1.165) is 5.56 Å². The van der Waals surface area contributed by atoms with Crippen molar-refractivity contribution in [2.24, 2.45) is 0 Å². The Kier molecular flexibility index (Phi) is 4.79. The third-order valence-electron chi connectivity index (χ3n) is 5.19. The molecule has 3 heterocycles. The van der Waals surface area contributed by atoms with E-state index in [-0.39, 0.29) is 17.9 Å². The second-order valence-corrected chi connectivity index (χ2v) is 6.98. The van der Waals surface area contributed by atoms with Crippen molar-refractivity contribution in [2.75, 3.05) is 31.1 Å². The van der Waals surface area contributed by atoms with Crippen molar-refractivity contribution in [1.29, 1.82) is 0 Å². The second-order valence-electron chi connectivity index (χ2n) is 6.98. The minimum Gasteiger partial charge on any atom is -0.408 e. The van der Waals surface area contributed by atoms with Crippen molar-refractivity contribution in [3.8, 4) is 0 Å². The van der Waals surface area contributed by atoms with Gasteiger partial charge in [-0.1, -0.05) is 35.4 Å². The monoisotopic (exact) mass is 369 g/mol. The van der Waals surface area contributed by atoms with Gasteiger partial charge in [0.25, 0.3) is 0 Å². The van der Waals surface area contributed by atoms with Gasteiger partial charge in [0.05, 0.1) is 0 Å². The molecular formula is C19H23N5O3. The van der Waals surface area contributed by atoms with Crippen LogP contribution >= 0.6 is 0 Å². The number of hydrogen-bond acceptors (Lipinski definition) is 6. The third kappa shape index (κ3) is 3.65. The first-order valence-electron chi connectivity index (χ1n) is 9.29. The Balaban J connectivity index is 1.39. The molecule has 2 aliphatic heterocycles. The molecule has 0 radical (unpaired) electrons. The van der Waals surface area contributed by atoms with Gasteiger partial charge < -0.3 is 19.1 Å². The average Bonchev–Trinajstić information content (AvgIpc) is 3.29. The molecule has 0 saturated carbocycles. The van der Waals surface area contributed by atoms with Gasteiger partial charge >= 0.3 is 6.01 Å². The van der Waals surface area contributed by atoms with Gasteiger partial charge in [0, 0.05) is 46.1 Å². The van der Waals surface area contributed by atoms with E-state index in [1.165, 1.54) is 0 Å². The average molecular weight is 369 g/mol. The molecule has 27 heavy (non-hydrogen) atoms. The molecule has 1 aromatic heterocycles. The van der Waals surface area contributed by atoms with Crippen LogP contribution in [0.5, 0.6) is 0 Å². The Morgan fingerprint density at radius 1 is 1.15 bits per heavy atom. The molecule has 2 amide bonds. The van der Waals surface area contributed by atoms with Crippen molar-refractivity contribution in [2.45, 2.75) is 32.4 Å². The number of piperazine rings is 1. The zero-order valence-electron chi connectivity index (χ0n) is 15.4. The highest BCUT2D eigenvalue weighted by Gasteiger charge is 2.39. The van der Waals surface area contributed by atoms with E-state index < -0.39 is 0 Å². The molecule has 0 spiro atoms. The smallest absolute Gasteiger partial charge is 0.318 e. The highest BCUT2D eigenvalue weighted by molar-refractivity contribution is 5.91. The molecule has 0 N–H and O–H groups in total. The first kappa shape index (κ1) is 17.5. The van der Waals surface area contributed by atoms with E-state index in [1.807, 2.05) is 40.1 Å².